The molecule has 0 spiro atoms. The van der Waals surface area contributed by atoms with Crippen molar-refractivity contribution in [1.82, 2.24) is 4.90 Å². The van der Waals surface area contributed by atoms with Crippen LogP contribution in [0.4, 0.5) is 5.69 Å². The van der Waals surface area contributed by atoms with Gasteiger partial charge in [-0.2, -0.15) is 0 Å². The van der Waals surface area contributed by atoms with Crippen molar-refractivity contribution >= 4 is 11.6 Å². The van der Waals surface area contributed by atoms with Crippen LogP contribution in [0, 0.1) is 0 Å². The average Bonchev–Trinajstić information content (AvgIpc) is 3.17. The highest BCUT2D eigenvalue weighted by molar-refractivity contribution is 5.81. The van der Waals surface area contributed by atoms with Gasteiger partial charge in [-0.05, 0) is 42.7 Å². The molecule has 1 saturated heterocycles. The summed E-state index contributed by atoms with van der Waals surface area (Å²) < 4.78 is 5.24. The minimum Gasteiger partial charge on any atom is -0.497 e. The lowest BCUT2D eigenvalue weighted by molar-refractivity contribution is -0.128. The molecule has 0 saturated carbocycles. The fourth-order valence-electron chi connectivity index (χ4n) is 3.07. The molecule has 126 valence electrons. The third-order valence-electron chi connectivity index (χ3n) is 4.44. The Hall–Kier alpha value is -2.49. The second-order valence-electron chi connectivity index (χ2n) is 6.13. The molecule has 24 heavy (non-hydrogen) atoms. The third-order valence-corrected chi connectivity index (χ3v) is 4.44. The molecule has 0 atom stereocenters. The molecule has 2 aromatic rings. The number of carbonyl (C=O) groups is 1. The number of likely N-dealkylation sites (tertiary alicyclic amines) is 1. The monoisotopic (exact) mass is 324 g/mol. The topological polar surface area (TPSA) is 32.8 Å². The molecule has 0 aliphatic carbocycles. The zero-order valence-corrected chi connectivity index (χ0v) is 14.1. The Morgan fingerprint density at radius 1 is 1.04 bits per heavy atom. The number of rotatable bonds is 6. The summed E-state index contributed by atoms with van der Waals surface area (Å²) in [4.78, 5) is 16.7. The van der Waals surface area contributed by atoms with Crippen LogP contribution < -0.4 is 9.64 Å². The Morgan fingerprint density at radius 2 is 1.71 bits per heavy atom. The van der Waals surface area contributed by atoms with Gasteiger partial charge in [0.2, 0.25) is 5.91 Å². The van der Waals surface area contributed by atoms with Gasteiger partial charge in [0.1, 0.15) is 5.75 Å². The van der Waals surface area contributed by atoms with Gasteiger partial charge in [-0.1, -0.05) is 30.3 Å². The number of hydrogen-bond donors (Lipinski definition) is 0. The van der Waals surface area contributed by atoms with Crippen LogP contribution in [-0.2, 0) is 11.3 Å². The van der Waals surface area contributed by atoms with Crippen LogP contribution in [0.1, 0.15) is 18.4 Å². The summed E-state index contributed by atoms with van der Waals surface area (Å²) in [5.41, 5.74) is 2.23. The lowest BCUT2D eigenvalue weighted by Crippen LogP contribution is -2.38. The molecule has 1 aliphatic rings. The van der Waals surface area contributed by atoms with Gasteiger partial charge in [0.15, 0.2) is 0 Å². The molecule has 0 bridgehead atoms. The van der Waals surface area contributed by atoms with Crippen molar-refractivity contribution < 1.29 is 9.53 Å². The van der Waals surface area contributed by atoms with E-state index >= 15 is 0 Å². The predicted molar refractivity (Wildman–Crippen MR) is 96.3 cm³/mol. The van der Waals surface area contributed by atoms with Gasteiger partial charge in [0, 0.05) is 25.3 Å². The first-order chi connectivity index (χ1) is 11.8. The SMILES string of the molecule is COc1ccc(N(CC(=O)N2CCCC2)Cc2ccccc2)cc1. The van der Waals surface area contributed by atoms with E-state index in [-0.39, 0.29) is 5.91 Å². The van der Waals surface area contributed by atoms with E-state index in [1.165, 1.54) is 5.56 Å². The smallest absolute Gasteiger partial charge is 0.242 e. The number of benzene rings is 2. The molecule has 3 rings (SSSR count). The molecular formula is C20H24N2O2. The van der Waals surface area contributed by atoms with Crippen LogP contribution in [0.25, 0.3) is 0 Å². The molecule has 4 nitrogen and oxygen atoms in total. The van der Waals surface area contributed by atoms with Crippen LogP contribution in [0.5, 0.6) is 5.75 Å². The maximum absolute atomic E-state index is 12.6. The Morgan fingerprint density at radius 3 is 2.33 bits per heavy atom. The molecular weight excluding hydrogens is 300 g/mol. The minimum atomic E-state index is 0.208. The van der Waals surface area contributed by atoms with E-state index < -0.39 is 0 Å². The second-order valence-corrected chi connectivity index (χ2v) is 6.13. The van der Waals surface area contributed by atoms with Crippen molar-refractivity contribution in [3.63, 3.8) is 0 Å². The highest BCUT2D eigenvalue weighted by atomic mass is 16.5. The van der Waals surface area contributed by atoms with Crippen molar-refractivity contribution in [2.24, 2.45) is 0 Å². The van der Waals surface area contributed by atoms with Crippen molar-refractivity contribution in [2.75, 3.05) is 31.6 Å². The molecule has 1 aliphatic heterocycles. The third kappa shape index (κ3) is 4.07. The summed E-state index contributed by atoms with van der Waals surface area (Å²) in [7, 11) is 1.66. The van der Waals surface area contributed by atoms with E-state index in [1.54, 1.807) is 7.11 Å². The van der Waals surface area contributed by atoms with Crippen molar-refractivity contribution in [2.45, 2.75) is 19.4 Å². The fourth-order valence-corrected chi connectivity index (χ4v) is 3.07. The van der Waals surface area contributed by atoms with Crippen molar-refractivity contribution in [3.05, 3.63) is 60.2 Å². The van der Waals surface area contributed by atoms with E-state index in [1.807, 2.05) is 47.4 Å². The van der Waals surface area contributed by atoms with Gasteiger partial charge < -0.3 is 14.5 Å². The molecule has 1 amide bonds. The highest BCUT2D eigenvalue weighted by Crippen LogP contribution is 2.22. The Labute approximate surface area is 143 Å². The first kappa shape index (κ1) is 16.4. The van der Waals surface area contributed by atoms with Crippen LogP contribution >= 0.6 is 0 Å². The van der Waals surface area contributed by atoms with E-state index in [9.17, 15) is 4.79 Å². The molecule has 0 aromatic heterocycles. The summed E-state index contributed by atoms with van der Waals surface area (Å²) in [5.74, 6) is 1.03. The second kappa shape index (κ2) is 7.86. The van der Waals surface area contributed by atoms with Gasteiger partial charge in [-0.25, -0.2) is 0 Å². The molecule has 0 unspecified atom stereocenters. The van der Waals surface area contributed by atoms with Gasteiger partial charge in [0.05, 0.1) is 13.7 Å². The predicted octanol–water partition coefficient (Wildman–Crippen LogP) is 3.32. The number of anilines is 1. The molecule has 0 N–H and O–H groups in total. The summed E-state index contributed by atoms with van der Waals surface area (Å²) in [6, 6.07) is 18.2. The first-order valence-corrected chi connectivity index (χ1v) is 8.47. The summed E-state index contributed by atoms with van der Waals surface area (Å²) in [6.07, 6.45) is 2.24. The maximum Gasteiger partial charge on any atom is 0.242 e. The number of nitrogens with zero attached hydrogens (tertiary/aromatic N) is 2. The zero-order valence-electron chi connectivity index (χ0n) is 14.1. The van der Waals surface area contributed by atoms with Crippen molar-refractivity contribution in [1.29, 1.82) is 0 Å². The largest absolute Gasteiger partial charge is 0.497 e. The average molecular weight is 324 g/mol. The lowest BCUT2D eigenvalue weighted by Gasteiger charge is -2.27. The minimum absolute atomic E-state index is 0.208. The zero-order chi connectivity index (χ0) is 16.8. The summed E-state index contributed by atoms with van der Waals surface area (Å²) in [5, 5.41) is 0. The quantitative estimate of drug-likeness (QED) is 0.817. The van der Waals surface area contributed by atoms with Gasteiger partial charge in [-0.3, -0.25) is 4.79 Å². The summed E-state index contributed by atoms with van der Waals surface area (Å²) in [6.45, 7) is 2.90. The summed E-state index contributed by atoms with van der Waals surface area (Å²) >= 11 is 0. The number of methoxy groups -OCH3 is 1. The molecule has 1 fully saturated rings. The van der Waals surface area contributed by atoms with Crippen molar-refractivity contribution in [3.8, 4) is 5.75 Å². The van der Waals surface area contributed by atoms with Gasteiger partial charge >= 0.3 is 0 Å². The van der Waals surface area contributed by atoms with Crippen LogP contribution in [0.15, 0.2) is 54.6 Å². The van der Waals surface area contributed by atoms with Gasteiger partial charge in [-0.15, -0.1) is 0 Å². The van der Waals surface area contributed by atoms with Crippen LogP contribution in [-0.4, -0.2) is 37.6 Å². The molecule has 0 radical (unpaired) electrons. The molecule has 1 heterocycles. The number of carbonyl (C=O) groups excluding carboxylic acids is 1. The Kier molecular flexibility index (Phi) is 5.36. The number of amides is 1. The maximum atomic E-state index is 12.6. The molecule has 4 heteroatoms. The normalized spacial score (nSPS) is 13.8. The number of hydrogen-bond acceptors (Lipinski definition) is 3. The lowest BCUT2D eigenvalue weighted by atomic mass is 10.2. The highest BCUT2D eigenvalue weighted by Gasteiger charge is 2.21. The standard InChI is InChI=1S/C20H24N2O2/c1-24-19-11-9-18(10-12-19)22(15-17-7-3-2-4-8-17)16-20(23)21-13-5-6-14-21/h2-4,7-12H,5-6,13-16H2,1H3. The number of ether oxygens (including phenoxy) is 1. The van der Waals surface area contributed by atoms with Gasteiger partial charge in [0.25, 0.3) is 0 Å². The first-order valence-electron chi connectivity index (χ1n) is 8.47. The van der Waals surface area contributed by atoms with Crippen LogP contribution in [0.2, 0.25) is 0 Å². The van der Waals surface area contributed by atoms with E-state index in [0.29, 0.717) is 13.1 Å². The van der Waals surface area contributed by atoms with Crippen LogP contribution in [0.3, 0.4) is 0 Å². The van der Waals surface area contributed by atoms with E-state index in [4.69, 9.17) is 4.74 Å². The Bertz CT molecular complexity index is 649. The Balaban J connectivity index is 1.77. The fraction of sp³-hybridized carbons (Fsp3) is 0.350. The molecule has 2 aromatic carbocycles. The van der Waals surface area contributed by atoms with E-state index in [0.717, 1.165) is 37.4 Å². The van der Waals surface area contributed by atoms with E-state index in [2.05, 4.69) is 17.0 Å².